The van der Waals surface area contributed by atoms with Crippen LogP contribution in [0, 0.1) is 0 Å². The molecule has 2 rings (SSSR count). The van der Waals surface area contributed by atoms with Gasteiger partial charge in [0.05, 0.1) is 0 Å². The molecule has 0 heterocycles. The number of hydrogen-bond acceptors (Lipinski definition) is 3. The highest BCUT2D eigenvalue weighted by Crippen LogP contribution is 2.15. The molecule has 0 fully saturated rings. The molecule has 146 valence electrons. The standard InChI is InChI=1S/C21H30N2O.2ClH/c1-3-23(4-2)15-9-14-22-17-20-12-8-13-21(16-20)24-18-19-10-6-5-7-11-19;;/h5-8,10-13,16,22H,3-4,9,14-15,17-18H2,1-2H3;2*1H. The van der Waals surface area contributed by atoms with Crippen LogP contribution in [0.25, 0.3) is 0 Å². The van der Waals surface area contributed by atoms with E-state index in [1.165, 1.54) is 24.1 Å². The third kappa shape index (κ3) is 9.44. The fourth-order valence-corrected chi connectivity index (χ4v) is 2.69. The summed E-state index contributed by atoms with van der Waals surface area (Å²) in [4.78, 5) is 2.46. The molecule has 0 amide bonds. The Kier molecular flexibility index (Phi) is 14.1. The smallest absolute Gasteiger partial charge is 0.120 e. The van der Waals surface area contributed by atoms with Gasteiger partial charge in [-0.05, 0) is 55.9 Å². The molecule has 0 radical (unpaired) electrons. The zero-order valence-corrected chi connectivity index (χ0v) is 17.5. The molecule has 0 bridgehead atoms. The monoisotopic (exact) mass is 398 g/mol. The van der Waals surface area contributed by atoms with Gasteiger partial charge in [0.15, 0.2) is 0 Å². The zero-order chi connectivity index (χ0) is 17.0. The highest BCUT2D eigenvalue weighted by molar-refractivity contribution is 5.85. The van der Waals surface area contributed by atoms with Crippen LogP contribution in [0.4, 0.5) is 0 Å². The van der Waals surface area contributed by atoms with Gasteiger partial charge in [-0.25, -0.2) is 0 Å². The fraction of sp³-hybridized carbons (Fsp3) is 0.429. The largest absolute Gasteiger partial charge is 0.489 e. The second kappa shape index (κ2) is 14.9. The molecule has 26 heavy (non-hydrogen) atoms. The normalized spacial score (nSPS) is 10.1. The maximum atomic E-state index is 5.89. The van der Waals surface area contributed by atoms with Crippen LogP contribution in [-0.4, -0.2) is 31.1 Å². The second-order valence-corrected chi connectivity index (χ2v) is 5.98. The van der Waals surface area contributed by atoms with E-state index in [0.717, 1.165) is 31.9 Å². The Labute approximate surface area is 171 Å². The van der Waals surface area contributed by atoms with E-state index in [0.29, 0.717) is 6.61 Å². The number of nitrogens with one attached hydrogen (secondary N) is 1. The average molecular weight is 399 g/mol. The first-order valence-electron chi connectivity index (χ1n) is 9.00. The number of ether oxygens (including phenoxy) is 1. The molecule has 0 aliphatic heterocycles. The Morgan fingerprint density at radius 3 is 2.27 bits per heavy atom. The van der Waals surface area contributed by atoms with Gasteiger partial charge in [0.25, 0.3) is 0 Å². The molecule has 0 aromatic heterocycles. The van der Waals surface area contributed by atoms with E-state index in [4.69, 9.17) is 4.74 Å². The van der Waals surface area contributed by atoms with E-state index in [-0.39, 0.29) is 24.8 Å². The van der Waals surface area contributed by atoms with Crippen LogP contribution < -0.4 is 10.1 Å². The molecular formula is C21H32Cl2N2O. The first-order chi connectivity index (χ1) is 11.8. The molecule has 0 aliphatic carbocycles. The molecule has 0 saturated carbocycles. The van der Waals surface area contributed by atoms with E-state index in [9.17, 15) is 0 Å². The van der Waals surface area contributed by atoms with Crippen molar-refractivity contribution in [3.05, 3.63) is 65.7 Å². The highest BCUT2D eigenvalue weighted by Gasteiger charge is 2.00. The topological polar surface area (TPSA) is 24.5 Å². The quantitative estimate of drug-likeness (QED) is 0.542. The van der Waals surface area contributed by atoms with Gasteiger partial charge < -0.3 is 15.0 Å². The van der Waals surface area contributed by atoms with Gasteiger partial charge in [-0.1, -0.05) is 56.3 Å². The minimum absolute atomic E-state index is 0. The Hall–Kier alpha value is -1.26. The molecule has 1 N–H and O–H groups in total. The average Bonchev–Trinajstić information content (AvgIpc) is 2.64. The third-order valence-corrected chi connectivity index (χ3v) is 4.20. The Morgan fingerprint density at radius 1 is 0.885 bits per heavy atom. The van der Waals surface area contributed by atoms with Crippen molar-refractivity contribution in [3.8, 4) is 5.75 Å². The van der Waals surface area contributed by atoms with Gasteiger partial charge in [0, 0.05) is 6.54 Å². The third-order valence-electron chi connectivity index (χ3n) is 4.20. The van der Waals surface area contributed by atoms with E-state index in [2.05, 4.69) is 54.4 Å². The van der Waals surface area contributed by atoms with Crippen molar-refractivity contribution in [2.75, 3.05) is 26.2 Å². The van der Waals surface area contributed by atoms with Crippen LogP contribution >= 0.6 is 24.8 Å². The predicted molar refractivity (Wildman–Crippen MR) is 116 cm³/mol. The fourth-order valence-electron chi connectivity index (χ4n) is 2.69. The van der Waals surface area contributed by atoms with Crippen molar-refractivity contribution in [2.45, 2.75) is 33.4 Å². The van der Waals surface area contributed by atoms with Gasteiger partial charge >= 0.3 is 0 Å². The summed E-state index contributed by atoms with van der Waals surface area (Å²) in [5, 5.41) is 3.52. The summed E-state index contributed by atoms with van der Waals surface area (Å²) in [5.41, 5.74) is 2.46. The van der Waals surface area contributed by atoms with E-state index in [1.54, 1.807) is 0 Å². The predicted octanol–water partition coefficient (Wildman–Crippen LogP) is 4.93. The number of halogens is 2. The molecular weight excluding hydrogens is 367 g/mol. The van der Waals surface area contributed by atoms with Crippen molar-refractivity contribution >= 4 is 24.8 Å². The van der Waals surface area contributed by atoms with Crippen molar-refractivity contribution in [1.29, 1.82) is 0 Å². The van der Waals surface area contributed by atoms with Crippen LogP contribution in [0.1, 0.15) is 31.4 Å². The molecule has 5 heteroatoms. The summed E-state index contributed by atoms with van der Waals surface area (Å²) in [5.74, 6) is 0.932. The lowest BCUT2D eigenvalue weighted by atomic mass is 10.2. The molecule has 0 spiro atoms. The summed E-state index contributed by atoms with van der Waals surface area (Å²) in [6, 6.07) is 18.6. The van der Waals surface area contributed by atoms with E-state index in [1.807, 2.05) is 24.3 Å². The van der Waals surface area contributed by atoms with E-state index >= 15 is 0 Å². The van der Waals surface area contributed by atoms with Crippen LogP contribution in [0.5, 0.6) is 5.75 Å². The SMILES string of the molecule is CCN(CC)CCCNCc1cccc(OCc2ccccc2)c1.Cl.Cl. The summed E-state index contributed by atoms with van der Waals surface area (Å²) in [6.07, 6.45) is 1.19. The first-order valence-corrected chi connectivity index (χ1v) is 9.00. The molecule has 2 aromatic carbocycles. The summed E-state index contributed by atoms with van der Waals surface area (Å²) in [6.45, 7) is 10.4. The van der Waals surface area contributed by atoms with Gasteiger partial charge in [0.2, 0.25) is 0 Å². The highest BCUT2D eigenvalue weighted by atomic mass is 35.5. The Morgan fingerprint density at radius 2 is 1.58 bits per heavy atom. The van der Waals surface area contributed by atoms with Gasteiger partial charge in [-0.3, -0.25) is 0 Å². The van der Waals surface area contributed by atoms with Crippen molar-refractivity contribution in [3.63, 3.8) is 0 Å². The summed E-state index contributed by atoms with van der Waals surface area (Å²) in [7, 11) is 0. The lowest BCUT2D eigenvalue weighted by molar-refractivity contribution is 0.297. The van der Waals surface area contributed by atoms with Crippen LogP contribution in [0.15, 0.2) is 54.6 Å². The van der Waals surface area contributed by atoms with Crippen LogP contribution in [0.3, 0.4) is 0 Å². The number of rotatable bonds is 11. The van der Waals surface area contributed by atoms with Crippen molar-refractivity contribution in [2.24, 2.45) is 0 Å². The molecule has 2 aromatic rings. The maximum Gasteiger partial charge on any atom is 0.120 e. The minimum atomic E-state index is 0. The molecule has 0 atom stereocenters. The Bertz CT molecular complexity index is 577. The number of nitrogens with zero attached hydrogens (tertiary/aromatic N) is 1. The van der Waals surface area contributed by atoms with Gasteiger partial charge in [-0.15, -0.1) is 24.8 Å². The molecule has 0 saturated heterocycles. The minimum Gasteiger partial charge on any atom is -0.489 e. The maximum absolute atomic E-state index is 5.89. The lowest BCUT2D eigenvalue weighted by Crippen LogP contribution is -2.27. The van der Waals surface area contributed by atoms with Crippen LogP contribution in [-0.2, 0) is 13.2 Å². The molecule has 0 aliphatic rings. The number of benzene rings is 2. The van der Waals surface area contributed by atoms with Crippen molar-refractivity contribution < 1.29 is 4.74 Å². The number of hydrogen-bond donors (Lipinski definition) is 1. The molecule has 0 unspecified atom stereocenters. The van der Waals surface area contributed by atoms with E-state index < -0.39 is 0 Å². The van der Waals surface area contributed by atoms with Crippen molar-refractivity contribution in [1.82, 2.24) is 10.2 Å². The van der Waals surface area contributed by atoms with Gasteiger partial charge in [-0.2, -0.15) is 0 Å². The lowest BCUT2D eigenvalue weighted by Gasteiger charge is -2.17. The summed E-state index contributed by atoms with van der Waals surface area (Å²) >= 11 is 0. The molecule has 3 nitrogen and oxygen atoms in total. The van der Waals surface area contributed by atoms with Crippen LogP contribution in [0.2, 0.25) is 0 Å². The Balaban J connectivity index is 0.00000312. The zero-order valence-electron chi connectivity index (χ0n) is 15.8. The summed E-state index contributed by atoms with van der Waals surface area (Å²) < 4.78 is 5.89. The first kappa shape index (κ1) is 24.7. The van der Waals surface area contributed by atoms with Gasteiger partial charge in [0.1, 0.15) is 12.4 Å². The second-order valence-electron chi connectivity index (χ2n) is 5.98.